The molecule has 0 N–H and O–H groups in total. The largest absolute Gasteiger partial charge is 0.327 e. The van der Waals surface area contributed by atoms with E-state index in [-0.39, 0.29) is 0 Å². The summed E-state index contributed by atoms with van der Waals surface area (Å²) >= 11 is 0. The molecule has 30 heavy (non-hydrogen) atoms. The summed E-state index contributed by atoms with van der Waals surface area (Å²) in [6.07, 6.45) is 7.94. The zero-order valence-corrected chi connectivity index (χ0v) is 23.4. The monoisotopic (exact) mass is 432 g/mol. The van der Waals surface area contributed by atoms with Gasteiger partial charge in [-0.15, -0.1) is 0 Å². The zero-order valence-electron chi connectivity index (χ0n) is 23.4. The van der Waals surface area contributed by atoms with Crippen LogP contribution in [0.3, 0.4) is 0 Å². The van der Waals surface area contributed by atoms with Crippen LogP contribution in [-0.2, 0) is 0 Å². The first-order valence-corrected chi connectivity index (χ1v) is 13.2. The molecule has 0 amide bonds. The molecule has 0 unspecified atom stereocenters. The second-order valence-corrected chi connectivity index (χ2v) is 11.1. The van der Waals surface area contributed by atoms with Gasteiger partial charge in [0.05, 0.1) is 81.6 Å². The van der Waals surface area contributed by atoms with Crippen LogP contribution in [0.15, 0.2) is 0 Å². The maximum Gasteiger partial charge on any atom is 0.0911 e. The lowest BCUT2D eigenvalue weighted by atomic mass is 10.2. The Morgan fingerprint density at radius 3 is 0.867 bits per heavy atom. The molecule has 0 saturated carbocycles. The van der Waals surface area contributed by atoms with E-state index in [2.05, 4.69) is 68.0 Å². The van der Waals surface area contributed by atoms with Crippen molar-refractivity contribution in [3.63, 3.8) is 0 Å². The van der Waals surface area contributed by atoms with E-state index in [1.54, 1.807) is 0 Å². The molecule has 0 spiro atoms. The summed E-state index contributed by atoms with van der Waals surface area (Å²) in [5.41, 5.74) is 0. The molecule has 0 heterocycles. The average Bonchev–Trinajstić information content (AvgIpc) is 2.70. The van der Waals surface area contributed by atoms with Crippen LogP contribution in [0, 0.1) is 0 Å². The van der Waals surface area contributed by atoms with Gasteiger partial charge in [0.1, 0.15) is 0 Å². The van der Waals surface area contributed by atoms with E-state index in [1.807, 2.05) is 13.8 Å². The summed E-state index contributed by atoms with van der Waals surface area (Å²) in [6, 6.07) is 0. The first-order chi connectivity index (χ1) is 14.0. The maximum atomic E-state index is 2.77. The fraction of sp³-hybridized carbons (Fsp3) is 1.00. The van der Waals surface area contributed by atoms with Gasteiger partial charge >= 0.3 is 0 Å². The Bertz CT molecular complexity index is 320. The van der Waals surface area contributed by atoms with Gasteiger partial charge in [0.15, 0.2) is 0 Å². The molecule has 0 aliphatic rings. The highest BCUT2D eigenvalue weighted by Gasteiger charge is 2.22. The topological polar surface area (TPSA) is 3.24 Å². The number of nitrogens with zero attached hydrogens (tertiary/aromatic N) is 4. The van der Waals surface area contributed by atoms with Crippen LogP contribution >= 0.6 is 0 Å². The van der Waals surface area contributed by atoms with Gasteiger partial charge in [-0.1, -0.05) is 53.9 Å². The molecule has 4 nitrogen and oxygen atoms in total. The predicted molar refractivity (Wildman–Crippen MR) is 138 cm³/mol. The third-order valence-corrected chi connectivity index (χ3v) is 6.42. The molecule has 0 bridgehead atoms. The number of hydrogen-bond acceptors (Lipinski definition) is 1. The molecule has 0 radical (unpaired) electrons. The standard InChI is InChI=1S/C24H57N4.C2H6/c1-10-13-19-26(4,5)22-16-25(17-23-27(6,7)20-14-11-2)18-24-28(8,9)21-15-12-3;1-2/h10-24H2,1-9H3;1-2H3/q+3;. The van der Waals surface area contributed by atoms with Crippen LogP contribution in [0.25, 0.3) is 0 Å². The van der Waals surface area contributed by atoms with E-state index < -0.39 is 0 Å². The first-order valence-electron chi connectivity index (χ1n) is 13.2. The summed E-state index contributed by atoms with van der Waals surface area (Å²) in [5.74, 6) is 0. The Morgan fingerprint density at radius 1 is 0.433 bits per heavy atom. The minimum atomic E-state index is 1.16. The van der Waals surface area contributed by atoms with Crippen LogP contribution in [0.4, 0.5) is 0 Å². The van der Waals surface area contributed by atoms with Crippen molar-refractivity contribution in [1.82, 2.24) is 4.90 Å². The Hall–Kier alpha value is -0.160. The molecule has 0 saturated heterocycles. The molecule has 0 aliphatic carbocycles. The molecule has 0 aromatic rings. The smallest absolute Gasteiger partial charge is 0.0911 e. The van der Waals surface area contributed by atoms with E-state index in [0.29, 0.717) is 0 Å². The lowest BCUT2D eigenvalue weighted by Gasteiger charge is -2.37. The Balaban J connectivity index is 0. The van der Waals surface area contributed by atoms with E-state index in [4.69, 9.17) is 0 Å². The average molecular weight is 432 g/mol. The van der Waals surface area contributed by atoms with Crippen molar-refractivity contribution in [3.05, 3.63) is 0 Å². The highest BCUT2D eigenvalue weighted by Crippen LogP contribution is 2.07. The van der Waals surface area contributed by atoms with Crippen molar-refractivity contribution < 1.29 is 13.4 Å². The maximum absolute atomic E-state index is 2.77. The molecule has 0 atom stereocenters. The summed E-state index contributed by atoms with van der Waals surface area (Å²) in [4.78, 5) is 2.77. The Kier molecular flexibility index (Phi) is 18.6. The molecular weight excluding hydrogens is 368 g/mol. The van der Waals surface area contributed by atoms with E-state index in [1.165, 1.54) is 97.4 Å². The SMILES string of the molecule is CC.CCCC[N+](C)(C)CCN(CC[N+](C)(C)CCCC)CC[N+](C)(C)CCCC. The highest BCUT2D eigenvalue weighted by molar-refractivity contribution is 4.58. The molecule has 0 rings (SSSR count). The van der Waals surface area contributed by atoms with Gasteiger partial charge in [0.25, 0.3) is 0 Å². The van der Waals surface area contributed by atoms with Gasteiger partial charge < -0.3 is 13.4 Å². The molecule has 0 aromatic heterocycles. The van der Waals surface area contributed by atoms with Crippen molar-refractivity contribution in [3.8, 4) is 0 Å². The third-order valence-electron chi connectivity index (χ3n) is 6.42. The predicted octanol–water partition coefficient (Wildman–Crippen LogP) is 4.94. The zero-order chi connectivity index (χ0) is 23.7. The third kappa shape index (κ3) is 18.6. The van der Waals surface area contributed by atoms with Gasteiger partial charge in [-0.3, -0.25) is 4.90 Å². The van der Waals surface area contributed by atoms with Gasteiger partial charge in [0, 0.05) is 19.6 Å². The number of unbranched alkanes of at least 4 members (excludes halogenated alkanes) is 3. The van der Waals surface area contributed by atoms with Gasteiger partial charge in [0.2, 0.25) is 0 Å². The normalized spacial score (nSPS) is 12.8. The Morgan fingerprint density at radius 2 is 0.667 bits per heavy atom. The number of rotatable bonds is 18. The van der Waals surface area contributed by atoms with Crippen molar-refractivity contribution in [2.24, 2.45) is 0 Å². The molecule has 4 heteroatoms. The molecule has 0 fully saturated rings. The first kappa shape index (κ1) is 32.0. The number of likely N-dealkylation sites (N-methyl/N-ethyl adjacent to an activating group) is 3. The summed E-state index contributed by atoms with van der Waals surface area (Å²) in [7, 11) is 14.5. The van der Waals surface area contributed by atoms with E-state index >= 15 is 0 Å². The minimum Gasteiger partial charge on any atom is -0.327 e. The summed E-state index contributed by atoms with van der Waals surface area (Å²) < 4.78 is 3.48. The van der Waals surface area contributed by atoms with Crippen LogP contribution in [-0.4, -0.2) is 120 Å². The summed E-state index contributed by atoms with van der Waals surface area (Å²) in [5, 5.41) is 0. The van der Waals surface area contributed by atoms with Crippen LogP contribution < -0.4 is 0 Å². The van der Waals surface area contributed by atoms with Crippen molar-refractivity contribution in [1.29, 1.82) is 0 Å². The second kappa shape index (κ2) is 17.4. The van der Waals surface area contributed by atoms with Crippen molar-refractivity contribution in [2.75, 3.05) is 101 Å². The molecule has 0 aliphatic heterocycles. The molecule has 184 valence electrons. The van der Waals surface area contributed by atoms with Crippen LogP contribution in [0.2, 0.25) is 0 Å². The Labute approximate surface area is 193 Å². The van der Waals surface area contributed by atoms with Crippen molar-refractivity contribution in [2.45, 2.75) is 73.1 Å². The number of hydrogen-bond donors (Lipinski definition) is 0. The fourth-order valence-corrected chi connectivity index (χ4v) is 3.67. The van der Waals surface area contributed by atoms with Crippen LogP contribution in [0.5, 0.6) is 0 Å². The van der Waals surface area contributed by atoms with Gasteiger partial charge in [-0.25, -0.2) is 0 Å². The summed E-state index contributed by atoms with van der Waals surface area (Å²) in [6.45, 7) is 22.3. The lowest BCUT2D eigenvalue weighted by molar-refractivity contribution is -0.895. The van der Waals surface area contributed by atoms with Crippen molar-refractivity contribution >= 4 is 0 Å². The van der Waals surface area contributed by atoms with Gasteiger partial charge in [-0.2, -0.15) is 0 Å². The number of quaternary nitrogens is 3. The molecule has 0 aromatic carbocycles. The fourth-order valence-electron chi connectivity index (χ4n) is 3.67. The van der Waals surface area contributed by atoms with E-state index in [9.17, 15) is 0 Å². The quantitative estimate of drug-likeness (QED) is 0.278. The van der Waals surface area contributed by atoms with E-state index in [0.717, 1.165) is 13.4 Å². The molecular formula is C26H63N4+3. The highest BCUT2D eigenvalue weighted by atomic mass is 15.4. The van der Waals surface area contributed by atoms with Gasteiger partial charge in [-0.05, 0) is 19.3 Å². The van der Waals surface area contributed by atoms with Crippen LogP contribution in [0.1, 0.15) is 73.1 Å². The lowest BCUT2D eigenvalue weighted by Crippen LogP contribution is -2.52. The second-order valence-electron chi connectivity index (χ2n) is 11.1. The minimum absolute atomic E-state index is 1.16.